The van der Waals surface area contributed by atoms with Gasteiger partial charge in [-0.1, -0.05) is 0 Å². The SMILES string of the molecule is CCOc1ncnc(N(C)CC2CCOCC2)c1N. The highest BCUT2D eigenvalue weighted by Crippen LogP contribution is 2.28. The van der Waals surface area contributed by atoms with E-state index in [4.69, 9.17) is 15.2 Å². The molecule has 0 aromatic carbocycles. The topological polar surface area (TPSA) is 73.5 Å². The molecule has 1 aromatic rings. The average molecular weight is 266 g/mol. The zero-order valence-corrected chi connectivity index (χ0v) is 11.6. The Bertz CT molecular complexity index is 408. The van der Waals surface area contributed by atoms with Crippen LogP contribution in [0.1, 0.15) is 19.8 Å². The fraction of sp³-hybridized carbons (Fsp3) is 0.692. The maximum absolute atomic E-state index is 6.06. The second-order valence-corrected chi connectivity index (χ2v) is 4.79. The van der Waals surface area contributed by atoms with Crippen LogP contribution < -0.4 is 15.4 Å². The molecule has 1 aliphatic rings. The molecule has 2 N–H and O–H groups in total. The summed E-state index contributed by atoms with van der Waals surface area (Å²) in [4.78, 5) is 10.4. The molecule has 0 spiro atoms. The number of ether oxygens (including phenoxy) is 2. The van der Waals surface area contributed by atoms with E-state index in [1.807, 2.05) is 14.0 Å². The third-order valence-corrected chi connectivity index (χ3v) is 3.34. The zero-order valence-electron chi connectivity index (χ0n) is 11.6. The van der Waals surface area contributed by atoms with Gasteiger partial charge in [0.05, 0.1) is 6.61 Å². The standard InChI is InChI=1S/C13H22N4O2/c1-3-19-13-11(14)12(15-9-16-13)17(2)8-10-4-6-18-7-5-10/h9-10H,3-8,14H2,1-2H3. The number of anilines is 2. The van der Waals surface area contributed by atoms with Gasteiger partial charge >= 0.3 is 0 Å². The van der Waals surface area contributed by atoms with E-state index in [2.05, 4.69) is 14.9 Å². The lowest BCUT2D eigenvalue weighted by Crippen LogP contribution is -2.30. The molecule has 1 aromatic heterocycles. The van der Waals surface area contributed by atoms with Crippen molar-refractivity contribution in [3.05, 3.63) is 6.33 Å². The molecule has 0 bridgehead atoms. The minimum Gasteiger partial charge on any atom is -0.476 e. The highest BCUT2D eigenvalue weighted by Gasteiger charge is 2.19. The van der Waals surface area contributed by atoms with E-state index in [-0.39, 0.29) is 0 Å². The van der Waals surface area contributed by atoms with Gasteiger partial charge in [0.1, 0.15) is 12.0 Å². The summed E-state index contributed by atoms with van der Waals surface area (Å²) in [6.07, 6.45) is 3.68. The van der Waals surface area contributed by atoms with Crippen molar-refractivity contribution >= 4 is 11.5 Å². The summed E-state index contributed by atoms with van der Waals surface area (Å²) < 4.78 is 10.8. The molecule has 0 saturated carbocycles. The van der Waals surface area contributed by atoms with E-state index < -0.39 is 0 Å². The predicted molar refractivity (Wildman–Crippen MR) is 74.4 cm³/mol. The molecule has 1 aliphatic heterocycles. The molecule has 2 rings (SSSR count). The molecule has 0 unspecified atom stereocenters. The molecule has 0 radical (unpaired) electrons. The van der Waals surface area contributed by atoms with Crippen LogP contribution in [0.3, 0.4) is 0 Å². The first-order valence-electron chi connectivity index (χ1n) is 6.74. The molecule has 0 aliphatic carbocycles. The average Bonchev–Trinajstić information content (AvgIpc) is 2.42. The van der Waals surface area contributed by atoms with Crippen LogP contribution in [0.25, 0.3) is 0 Å². The van der Waals surface area contributed by atoms with Crippen molar-refractivity contribution in [1.29, 1.82) is 0 Å². The van der Waals surface area contributed by atoms with Gasteiger partial charge < -0.3 is 20.1 Å². The highest BCUT2D eigenvalue weighted by molar-refractivity contribution is 5.67. The monoisotopic (exact) mass is 266 g/mol. The summed E-state index contributed by atoms with van der Waals surface area (Å²) in [5, 5.41) is 0. The van der Waals surface area contributed by atoms with Crippen LogP contribution in [0.4, 0.5) is 11.5 Å². The second-order valence-electron chi connectivity index (χ2n) is 4.79. The smallest absolute Gasteiger partial charge is 0.242 e. The van der Waals surface area contributed by atoms with Crippen LogP contribution in [0.15, 0.2) is 6.33 Å². The Labute approximate surface area is 113 Å². The molecule has 19 heavy (non-hydrogen) atoms. The van der Waals surface area contributed by atoms with Crippen molar-refractivity contribution in [3.8, 4) is 5.88 Å². The van der Waals surface area contributed by atoms with E-state index >= 15 is 0 Å². The molecular weight excluding hydrogens is 244 g/mol. The van der Waals surface area contributed by atoms with Gasteiger partial charge in [-0.2, -0.15) is 4.98 Å². The molecule has 0 amide bonds. The maximum atomic E-state index is 6.06. The Hall–Kier alpha value is -1.56. The summed E-state index contributed by atoms with van der Waals surface area (Å²) in [7, 11) is 2.00. The van der Waals surface area contributed by atoms with E-state index in [1.54, 1.807) is 0 Å². The van der Waals surface area contributed by atoms with E-state index in [0.29, 0.717) is 24.1 Å². The number of nitrogens with two attached hydrogens (primary N) is 1. The third kappa shape index (κ3) is 3.47. The van der Waals surface area contributed by atoms with Gasteiger partial charge in [0.15, 0.2) is 5.82 Å². The number of hydrogen-bond donors (Lipinski definition) is 1. The largest absolute Gasteiger partial charge is 0.476 e. The number of nitrogens with zero attached hydrogens (tertiary/aromatic N) is 3. The van der Waals surface area contributed by atoms with Gasteiger partial charge in [-0.05, 0) is 25.7 Å². The molecule has 1 fully saturated rings. The fourth-order valence-corrected chi connectivity index (χ4v) is 2.33. The van der Waals surface area contributed by atoms with E-state index in [1.165, 1.54) is 6.33 Å². The lowest BCUT2D eigenvalue weighted by Gasteiger charge is -2.28. The van der Waals surface area contributed by atoms with Crippen molar-refractivity contribution < 1.29 is 9.47 Å². The fourth-order valence-electron chi connectivity index (χ4n) is 2.33. The Morgan fingerprint density at radius 1 is 1.42 bits per heavy atom. The number of nitrogen functional groups attached to an aromatic ring is 1. The number of aromatic nitrogens is 2. The zero-order chi connectivity index (χ0) is 13.7. The summed E-state index contributed by atoms with van der Waals surface area (Å²) in [6, 6.07) is 0. The van der Waals surface area contributed by atoms with Crippen molar-refractivity contribution in [2.24, 2.45) is 5.92 Å². The Morgan fingerprint density at radius 2 is 2.16 bits per heavy atom. The van der Waals surface area contributed by atoms with Gasteiger partial charge in [-0.15, -0.1) is 0 Å². The van der Waals surface area contributed by atoms with Crippen LogP contribution in [0.2, 0.25) is 0 Å². The second kappa shape index (κ2) is 6.56. The third-order valence-electron chi connectivity index (χ3n) is 3.34. The minimum atomic E-state index is 0.464. The first-order chi connectivity index (χ1) is 9.22. The van der Waals surface area contributed by atoms with Gasteiger partial charge in [0, 0.05) is 26.8 Å². The van der Waals surface area contributed by atoms with Gasteiger partial charge in [-0.3, -0.25) is 0 Å². The van der Waals surface area contributed by atoms with Crippen molar-refractivity contribution in [2.75, 3.05) is 44.0 Å². The Kier molecular flexibility index (Phi) is 4.79. The first-order valence-corrected chi connectivity index (χ1v) is 6.74. The van der Waals surface area contributed by atoms with Gasteiger partial charge in [0.25, 0.3) is 0 Å². The van der Waals surface area contributed by atoms with Crippen LogP contribution in [-0.2, 0) is 4.74 Å². The van der Waals surface area contributed by atoms with Gasteiger partial charge in [-0.25, -0.2) is 4.98 Å². The normalized spacial score (nSPS) is 16.3. The summed E-state index contributed by atoms with van der Waals surface area (Å²) in [6.45, 7) is 5.08. The lowest BCUT2D eigenvalue weighted by atomic mass is 10.00. The quantitative estimate of drug-likeness (QED) is 0.866. The van der Waals surface area contributed by atoms with Crippen LogP contribution in [-0.4, -0.2) is 43.4 Å². The predicted octanol–water partition coefficient (Wildman–Crippen LogP) is 1.32. The molecule has 6 nitrogen and oxygen atoms in total. The van der Waals surface area contributed by atoms with Crippen LogP contribution in [0.5, 0.6) is 5.88 Å². The Morgan fingerprint density at radius 3 is 2.84 bits per heavy atom. The van der Waals surface area contributed by atoms with Gasteiger partial charge in [0.2, 0.25) is 5.88 Å². The van der Waals surface area contributed by atoms with E-state index in [0.717, 1.165) is 38.4 Å². The van der Waals surface area contributed by atoms with Crippen LogP contribution >= 0.6 is 0 Å². The van der Waals surface area contributed by atoms with Crippen molar-refractivity contribution in [2.45, 2.75) is 19.8 Å². The first kappa shape index (κ1) is 13.9. The summed E-state index contributed by atoms with van der Waals surface area (Å²) >= 11 is 0. The summed E-state index contributed by atoms with van der Waals surface area (Å²) in [5.74, 6) is 1.83. The Balaban J connectivity index is 2.05. The highest BCUT2D eigenvalue weighted by atomic mass is 16.5. The van der Waals surface area contributed by atoms with Crippen LogP contribution in [0, 0.1) is 5.92 Å². The number of rotatable bonds is 5. The number of hydrogen-bond acceptors (Lipinski definition) is 6. The molecule has 1 saturated heterocycles. The molecular formula is C13H22N4O2. The molecule has 6 heteroatoms. The molecule has 2 heterocycles. The molecule has 0 atom stereocenters. The lowest BCUT2D eigenvalue weighted by molar-refractivity contribution is 0.0685. The van der Waals surface area contributed by atoms with Crippen molar-refractivity contribution in [3.63, 3.8) is 0 Å². The maximum Gasteiger partial charge on any atom is 0.242 e. The minimum absolute atomic E-state index is 0.464. The molecule has 106 valence electrons. The van der Waals surface area contributed by atoms with E-state index in [9.17, 15) is 0 Å². The van der Waals surface area contributed by atoms with Crippen molar-refractivity contribution in [1.82, 2.24) is 9.97 Å². The summed E-state index contributed by atoms with van der Waals surface area (Å²) in [5.41, 5.74) is 6.57.